The third kappa shape index (κ3) is 5.46. The molecule has 3 aromatic rings. The van der Waals surface area contributed by atoms with Crippen LogP contribution in [0.15, 0.2) is 59.4 Å². The summed E-state index contributed by atoms with van der Waals surface area (Å²) in [7, 11) is 0. The number of hydrogen-bond donors (Lipinski definition) is 1. The van der Waals surface area contributed by atoms with Crippen molar-refractivity contribution >= 4 is 28.4 Å². The van der Waals surface area contributed by atoms with E-state index < -0.39 is 24.5 Å². The summed E-state index contributed by atoms with van der Waals surface area (Å²) < 4.78 is 6.39. The number of rotatable bonds is 9. The van der Waals surface area contributed by atoms with Crippen LogP contribution >= 0.6 is 0 Å². The number of aromatic nitrogens is 2. The Morgan fingerprint density at radius 3 is 2.34 bits per heavy atom. The Kier molecular flexibility index (Phi) is 7.49. The number of benzene rings is 2. The number of esters is 1. The highest BCUT2D eigenvalue weighted by molar-refractivity contribution is 6.02. The minimum absolute atomic E-state index is 0.0335. The molecule has 1 atom stereocenters. The van der Waals surface area contributed by atoms with Crippen molar-refractivity contribution in [2.45, 2.75) is 39.3 Å². The predicted molar refractivity (Wildman–Crippen MR) is 119 cm³/mol. The van der Waals surface area contributed by atoms with E-state index in [2.05, 4.69) is 10.4 Å². The zero-order chi connectivity index (χ0) is 23.1. The van der Waals surface area contributed by atoms with Crippen molar-refractivity contribution in [2.75, 3.05) is 6.61 Å². The van der Waals surface area contributed by atoms with E-state index in [9.17, 15) is 19.2 Å². The van der Waals surface area contributed by atoms with Gasteiger partial charge in [0.1, 0.15) is 0 Å². The summed E-state index contributed by atoms with van der Waals surface area (Å²) in [5.74, 6) is -1.61. The average Bonchev–Trinajstić information content (AvgIpc) is 2.79. The number of carbonyl (C=O) groups is 3. The number of ether oxygens (including phenoxy) is 1. The molecular formula is C24H25N3O5. The first-order valence-corrected chi connectivity index (χ1v) is 10.4. The summed E-state index contributed by atoms with van der Waals surface area (Å²) in [6, 6.07) is 15.2. The van der Waals surface area contributed by atoms with Gasteiger partial charge in [0.2, 0.25) is 0 Å². The molecule has 8 nitrogen and oxygen atoms in total. The second kappa shape index (κ2) is 10.5. The molecule has 2 aromatic carbocycles. The molecule has 3 rings (SSSR count). The van der Waals surface area contributed by atoms with E-state index in [1.54, 1.807) is 24.3 Å². The Morgan fingerprint density at radius 1 is 1.03 bits per heavy atom. The van der Waals surface area contributed by atoms with Crippen LogP contribution in [-0.2, 0) is 27.3 Å². The van der Waals surface area contributed by atoms with Gasteiger partial charge in [0.05, 0.1) is 11.4 Å². The first kappa shape index (κ1) is 22.9. The number of fused-ring (bicyclic) bond motifs is 1. The van der Waals surface area contributed by atoms with E-state index in [0.29, 0.717) is 30.2 Å². The first-order chi connectivity index (χ1) is 15.4. The van der Waals surface area contributed by atoms with Crippen LogP contribution in [0.25, 0.3) is 10.8 Å². The first-order valence-electron chi connectivity index (χ1n) is 10.4. The van der Waals surface area contributed by atoms with E-state index in [1.807, 2.05) is 37.3 Å². The largest absolute Gasteiger partial charge is 0.451 e. The summed E-state index contributed by atoms with van der Waals surface area (Å²) >= 11 is 0. The van der Waals surface area contributed by atoms with Gasteiger partial charge < -0.3 is 10.1 Å². The maximum atomic E-state index is 12.7. The molecule has 1 unspecified atom stereocenters. The van der Waals surface area contributed by atoms with Gasteiger partial charge in [0.25, 0.3) is 11.5 Å². The molecule has 166 valence electrons. The van der Waals surface area contributed by atoms with Gasteiger partial charge in [-0.1, -0.05) is 55.5 Å². The van der Waals surface area contributed by atoms with E-state index >= 15 is 0 Å². The Morgan fingerprint density at radius 2 is 1.69 bits per heavy atom. The van der Waals surface area contributed by atoms with Crippen molar-refractivity contribution in [3.63, 3.8) is 0 Å². The average molecular weight is 435 g/mol. The molecule has 0 saturated heterocycles. The molecule has 0 radical (unpaired) electrons. The Labute approximate surface area is 185 Å². The van der Waals surface area contributed by atoms with Gasteiger partial charge in [0, 0.05) is 11.9 Å². The molecule has 0 spiro atoms. The summed E-state index contributed by atoms with van der Waals surface area (Å²) in [4.78, 5) is 49.6. The van der Waals surface area contributed by atoms with Crippen molar-refractivity contribution in [1.29, 1.82) is 0 Å². The number of Topliss-reactive ketones (excluding diaryl/α,β-unsaturated/α-hetero) is 1. The highest BCUT2D eigenvalue weighted by Crippen LogP contribution is 2.14. The highest BCUT2D eigenvalue weighted by atomic mass is 16.5. The number of nitrogens with one attached hydrogen (secondary N) is 1. The number of amides is 1. The van der Waals surface area contributed by atoms with Crippen LogP contribution in [0.2, 0.25) is 0 Å². The van der Waals surface area contributed by atoms with Gasteiger partial charge in [0.15, 0.2) is 18.1 Å². The quantitative estimate of drug-likeness (QED) is 0.517. The zero-order valence-corrected chi connectivity index (χ0v) is 18.0. The second-order valence-electron chi connectivity index (χ2n) is 7.42. The third-order valence-corrected chi connectivity index (χ3v) is 4.94. The van der Waals surface area contributed by atoms with Crippen molar-refractivity contribution in [3.05, 3.63) is 76.2 Å². The van der Waals surface area contributed by atoms with Crippen LogP contribution in [0.4, 0.5) is 0 Å². The fourth-order valence-corrected chi connectivity index (χ4v) is 3.33. The third-order valence-electron chi connectivity index (χ3n) is 4.94. The molecule has 32 heavy (non-hydrogen) atoms. The summed E-state index contributed by atoms with van der Waals surface area (Å²) in [5.41, 5.74) is 0.578. The molecule has 0 saturated carbocycles. The van der Waals surface area contributed by atoms with Crippen LogP contribution < -0.4 is 10.9 Å². The Bertz CT molecular complexity index is 1190. The van der Waals surface area contributed by atoms with Crippen molar-refractivity contribution in [3.8, 4) is 0 Å². The molecule has 0 fully saturated rings. The van der Waals surface area contributed by atoms with Crippen LogP contribution in [0.1, 0.15) is 36.3 Å². The predicted octanol–water partition coefficient (Wildman–Crippen LogP) is 2.28. The molecule has 8 heteroatoms. The maximum absolute atomic E-state index is 12.7. The normalized spacial score (nSPS) is 11.7. The van der Waals surface area contributed by atoms with Gasteiger partial charge in [-0.2, -0.15) is 5.10 Å². The second-order valence-corrected chi connectivity index (χ2v) is 7.42. The lowest BCUT2D eigenvalue weighted by Crippen LogP contribution is -2.43. The standard InChI is InChI=1S/C24H25N3O5/c1-3-13-27-23(30)19-12-8-7-11-18(19)22(26-27)24(31)32-15-21(29)25-20(16(2)28)14-17-9-5-4-6-10-17/h4-12,20H,3,13-15H2,1-2H3,(H,25,29). The zero-order valence-electron chi connectivity index (χ0n) is 18.0. The van der Waals surface area contributed by atoms with Crippen molar-refractivity contribution < 1.29 is 19.1 Å². The maximum Gasteiger partial charge on any atom is 0.359 e. The molecule has 1 heterocycles. The van der Waals surface area contributed by atoms with E-state index in [1.165, 1.54) is 11.6 Å². The van der Waals surface area contributed by atoms with Gasteiger partial charge in [-0.3, -0.25) is 14.4 Å². The minimum Gasteiger partial charge on any atom is -0.451 e. The van der Waals surface area contributed by atoms with E-state index in [-0.39, 0.29) is 17.0 Å². The lowest BCUT2D eigenvalue weighted by Gasteiger charge is -2.16. The van der Waals surface area contributed by atoms with Crippen LogP contribution in [0.5, 0.6) is 0 Å². The molecule has 0 aliphatic carbocycles. The monoisotopic (exact) mass is 435 g/mol. The SMILES string of the molecule is CCCn1nc(C(=O)OCC(=O)NC(Cc2ccccc2)C(C)=O)c2ccccc2c1=O. The van der Waals surface area contributed by atoms with Crippen LogP contribution in [0, 0.1) is 0 Å². The number of nitrogens with zero attached hydrogens (tertiary/aromatic N) is 2. The summed E-state index contributed by atoms with van der Waals surface area (Å²) in [5, 5.41) is 7.48. The van der Waals surface area contributed by atoms with E-state index in [4.69, 9.17) is 4.74 Å². The number of carbonyl (C=O) groups excluding carboxylic acids is 3. The lowest BCUT2D eigenvalue weighted by molar-refractivity contribution is -0.128. The fourth-order valence-electron chi connectivity index (χ4n) is 3.33. The van der Waals surface area contributed by atoms with Gasteiger partial charge in [-0.25, -0.2) is 9.48 Å². The summed E-state index contributed by atoms with van der Waals surface area (Å²) in [6.45, 7) is 3.07. The Balaban J connectivity index is 1.71. The molecule has 1 N–H and O–H groups in total. The van der Waals surface area contributed by atoms with Crippen LogP contribution in [0.3, 0.4) is 0 Å². The van der Waals surface area contributed by atoms with Crippen molar-refractivity contribution in [1.82, 2.24) is 15.1 Å². The van der Waals surface area contributed by atoms with Crippen molar-refractivity contribution in [2.24, 2.45) is 0 Å². The van der Waals surface area contributed by atoms with Gasteiger partial charge >= 0.3 is 5.97 Å². The molecule has 0 aliphatic heterocycles. The van der Waals surface area contributed by atoms with E-state index in [0.717, 1.165) is 5.56 Å². The topological polar surface area (TPSA) is 107 Å². The molecular weight excluding hydrogens is 410 g/mol. The fraction of sp³-hybridized carbons (Fsp3) is 0.292. The van der Waals surface area contributed by atoms with Gasteiger partial charge in [-0.15, -0.1) is 0 Å². The molecule has 1 amide bonds. The molecule has 0 aliphatic rings. The highest BCUT2D eigenvalue weighted by Gasteiger charge is 2.21. The number of hydrogen-bond acceptors (Lipinski definition) is 6. The summed E-state index contributed by atoms with van der Waals surface area (Å²) in [6.07, 6.45) is 1.00. The molecule has 1 aromatic heterocycles. The minimum atomic E-state index is -0.816. The smallest absolute Gasteiger partial charge is 0.359 e. The Hall–Kier alpha value is -3.81. The van der Waals surface area contributed by atoms with Gasteiger partial charge in [-0.05, 0) is 31.4 Å². The number of aryl methyl sites for hydroxylation is 1. The lowest BCUT2D eigenvalue weighted by atomic mass is 10.0. The molecule has 0 bridgehead atoms. The number of ketones is 1. The van der Waals surface area contributed by atoms with Crippen LogP contribution in [-0.4, -0.2) is 40.1 Å².